The number of hydrogen-bond donors (Lipinski definition) is 1. The van der Waals surface area contributed by atoms with Gasteiger partial charge in [-0.3, -0.25) is 4.79 Å². The molecule has 0 unspecified atom stereocenters. The molecule has 1 saturated heterocycles. The lowest BCUT2D eigenvalue weighted by molar-refractivity contribution is 0.0681. The second-order valence-corrected chi connectivity index (χ2v) is 4.10. The van der Waals surface area contributed by atoms with Crippen molar-refractivity contribution in [2.45, 2.75) is 13.0 Å². The third kappa shape index (κ3) is 2.02. The molecule has 1 fully saturated rings. The molecule has 3 heteroatoms. The van der Waals surface area contributed by atoms with E-state index in [4.69, 9.17) is 0 Å². The maximum Gasteiger partial charge on any atom is 0.253 e. The number of nitrogens with zero attached hydrogens (tertiary/aromatic N) is 1. The van der Waals surface area contributed by atoms with Gasteiger partial charge in [0.25, 0.3) is 5.91 Å². The third-order valence-corrected chi connectivity index (χ3v) is 2.89. The normalized spacial score (nSPS) is 15.9. The minimum atomic E-state index is 0.116. The summed E-state index contributed by atoms with van der Waals surface area (Å²) >= 11 is 0. The van der Waals surface area contributed by atoms with Crippen LogP contribution in [0.5, 0.6) is 0 Å². The van der Waals surface area contributed by atoms with Crippen molar-refractivity contribution in [1.82, 2.24) is 10.2 Å². The van der Waals surface area contributed by atoms with E-state index in [9.17, 15) is 4.79 Å². The first kappa shape index (κ1) is 10.2. The molecule has 80 valence electrons. The minimum absolute atomic E-state index is 0.116. The molecule has 1 aliphatic rings. The van der Waals surface area contributed by atoms with Crippen molar-refractivity contribution in [3.63, 3.8) is 0 Å². The lowest BCUT2D eigenvalue weighted by atomic mass is 10.1. The van der Waals surface area contributed by atoms with E-state index >= 15 is 0 Å². The van der Waals surface area contributed by atoms with Crippen molar-refractivity contribution in [3.8, 4) is 0 Å². The number of aryl methyl sites for hydroxylation is 1. The van der Waals surface area contributed by atoms with Crippen LogP contribution < -0.4 is 5.32 Å². The molecule has 0 spiro atoms. The molecule has 0 aliphatic carbocycles. The van der Waals surface area contributed by atoms with E-state index in [1.54, 1.807) is 0 Å². The fraction of sp³-hybridized carbons (Fsp3) is 0.417. The monoisotopic (exact) mass is 204 g/mol. The fourth-order valence-electron chi connectivity index (χ4n) is 1.69. The smallest absolute Gasteiger partial charge is 0.253 e. The van der Waals surface area contributed by atoms with Crippen molar-refractivity contribution in [2.24, 2.45) is 0 Å². The third-order valence-electron chi connectivity index (χ3n) is 2.89. The van der Waals surface area contributed by atoms with Gasteiger partial charge < -0.3 is 10.2 Å². The van der Waals surface area contributed by atoms with E-state index in [0.717, 1.165) is 24.2 Å². The van der Waals surface area contributed by atoms with E-state index in [0.29, 0.717) is 6.04 Å². The molecule has 2 rings (SSSR count). The highest BCUT2D eigenvalue weighted by Gasteiger charge is 2.25. The lowest BCUT2D eigenvalue weighted by Gasteiger charge is -2.35. The molecule has 0 bridgehead atoms. The Labute approximate surface area is 90.1 Å². The Morgan fingerprint density at radius 1 is 1.47 bits per heavy atom. The van der Waals surface area contributed by atoms with E-state index in [2.05, 4.69) is 5.32 Å². The highest BCUT2D eigenvalue weighted by atomic mass is 16.2. The summed E-state index contributed by atoms with van der Waals surface area (Å²) in [5.74, 6) is 0.116. The predicted octanol–water partition coefficient (Wildman–Crippen LogP) is 1.04. The van der Waals surface area contributed by atoms with Crippen molar-refractivity contribution in [2.75, 3.05) is 20.1 Å². The molecule has 15 heavy (non-hydrogen) atoms. The van der Waals surface area contributed by atoms with Crippen LogP contribution in [0.15, 0.2) is 24.3 Å². The zero-order valence-corrected chi connectivity index (χ0v) is 9.16. The molecule has 1 N–H and O–H groups in total. The highest BCUT2D eigenvalue weighted by Crippen LogP contribution is 2.10. The maximum atomic E-state index is 12.0. The number of likely N-dealkylation sites (N-methyl/N-ethyl adjacent to an activating group) is 1. The second kappa shape index (κ2) is 4.03. The summed E-state index contributed by atoms with van der Waals surface area (Å²) in [4.78, 5) is 13.9. The molecule has 0 radical (unpaired) electrons. The Balaban J connectivity index is 2.12. The van der Waals surface area contributed by atoms with Gasteiger partial charge in [-0.15, -0.1) is 0 Å². The van der Waals surface area contributed by atoms with Crippen molar-refractivity contribution in [1.29, 1.82) is 0 Å². The van der Waals surface area contributed by atoms with Gasteiger partial charge in [-0.05, 0) is 19.1 Å². The zero-order chi connectivity index (χ0) is 10.8. The topological polar surface area (TPSA) is 32.3 Å². The SMILES string of the molecule is Cc1cccc(C(=O)N(C)C2CNC2)c1. The van der Waals surface area contributed by atoms with Gasteiger partial charge in [0.2, 0.25) is 0 Å². The first-order valence-electron chi connectivity index (χ1n) is 5.23. The van der Waals surface area contributed by atoms with E-state index < -0.39 is 0 Å². The van der Waals surface area contributed by atoms with Gasteiger partial charge in [-0.1, -0.05) is 17.7 Å². The standard InChI is InChI=1S/C12H16N2O/c1-9-4-3-5-10(6-9)12(15)14(2)11-7-13-8-11/h3-6,11,13H,7-8H2,1-2H3. The van der Waals surface area contributed by atoms with Crippen LogP contribution >= 0.6 is 0 Å². The van der Waals surface area contributed by atoms with Crippen LogP contribution in [0.4, 0.5) is 0 Å². The summed E-state index contributed by atoms with van der Waals surface area (Å²) in [5.41, 5.74) is 1.91. The van der Waals surface area contributed by atoms with Crippen molar-refractivity contribution >= 4 is 5.91 Å². The molecular weight excluding hydrogens is 188 g/mol. The van der Waals surface area contributed by atoms with E-state index in [1.165, 1.54) is 0 Å². The Hall–Kier alpha value is -1.35. The number of carbonyl (C=O) groups is 1. The number of carbonyl (C=O) groups excluding carboxylic acids is 1. The molecule has 1 aromatic rings. The number of nitrogens with one attached hydrogen (secondary N) is 1. The molecule has 0 saturated carbocycles. The highest BCUT2D eigenvalue weighted by molar-refractivity contribution is 5.94. The Kier molecular flexibility index (Phi) is 2.73. The van der Waals surface area contributed by atoms with Crippen LogP contribution in [0.3, 0.4) is 0 Å². The van der Waals surface area contributed by atoms with Gasteiger partial charge >= 0.3 is 0 Å². The van der Waals surface area contributed by atoms with Crippen LogP contribution in [-0.2, 0) is 0 Å². The molecule has 0 atom stereocenters. The fourth-order valence-corrected chi connectivity index (χ4v) is 1.69. The van der Waals surface area contributed by atoms with Gasteiger partial charge in [0.1, 0.15) is 0 Å². The largest absolute Gasteiger partial charge is 0.336 e. The summed E-state index contributed by atoms with van der Waals surface area (Å²) in [7, 11) is 1.87. The number of benzene rings is 1. The van der Waals surface area contributed by atoms with Gasteiger partial charge in [0, 0.05) is 25.7 Å². The van der Waals surface area contributed by atoms with E-state index in [1.807, 2.05) is 43.1 Å². The van der Waals surface area contributed by atoms with Crippen LogP contribution in [-0.4, -0.2) is 37.0 Å². The van der Waals surface area contributed by atoms with Crippen molar-refractivity contribution < 1.29 is 4.79 Å². The molecule has 3 nitrogen and oxygen atoms in total. The van der Waals surface area contributed by atoms with E-state index in [-0.39, 0.29) is 5.91 Å². The van der Waals surface area contributed by atoms with Crippen LogP contribution in [0.2, 0.25) is 0 Å². The van der Waals surface area contributed by atoms with Gasteiger partial charge in [-0.2, -0.15) is 0 Å². The Bertz CT molecular complexity index is 372. The number of hydrogen-bond acceptors (Lipinski definition) is 2. The van der Waals surface area contributed by atoms with Crippen LogP contribution in [0.1, 0.15) is 15.9 Å². The second-order valence-electron chi connectivity index (χ2n) is 4.10. The molecule has 1 aromatic carbocycles. The molecule has 1 amide bonds. The first-order valence-corrected chi connectivity index (χ1v) is 5.23. The zero-order valence-electron chi connectivity index (χ0n) is 9.16. The molecular formula is C12H16N2O. The number of amides is 1. The molecule has 1 aliphatic heterocycles. The summed E-state index contributed by atoms with van der Waals surface area (Å²) < 4.78 is 0. The van der Waals surface area contributed by atoms with Gasteiger partial charge in [-0.25, -0.2) is 0 Å². The molecule has 0 aromatic heterocycles. The van der Waals surface area contributed by atoms with Crippen LogP contribution in [0, 0.1) is 6.92 Å². The molecule has 1 heterocycles. The van der Waals surface area contributed by atoms with Crippen LogP contribution in [0.25, 0.3) is 0 Å². The Morgan fingerprint density at radius 3 is 2.73 bits per heavy atom. The minimum Gasteiger partial charge on any atom is -0.336 e. The maximum absolute atomic E-state index is 12.0. The predicted molar refractivity (Wildman–Crippen MR) is 59.9 cm³/mol. The summed E-state index contributed by atoms with van der Waals surface area (Å²) in [6.45, 7) is 3.82. The average Bonchev–Trinajstić information content (AvgIpc) is 2.14. The van der Waals surface area contributed by atoms with Gasteiger partial charge in [0.15, 0.2) is 0 Å². The summed E-state index contributed by atoms with van der Waals surface area (Å²) in [6, 6.07) is 8.10. The first-order chi connectivity index (χ1) is 7.18. The van der Waals surface area contributed by atoms with Crippen molar-refractivity contribution in [3.05, 3.63) is 35.4 Å². The summed E-state index contributed by atoms with van der Waals surface area (Å²) in [5, 5.41) is 3.17. The number of rotatable bonds is 2. The van der Waals surface area contributed by atoms with Gasteiger partial charge in [0.05, 0.1) is 6.04 Å². The quantitative estimate of drug-likeness (QED) is 0.780. The summed E-state index contributed by atoms with van der Waals surface area (Å²) in [6.07, 6.45) is 0. The average molecular weight is 204 g/mol. The lowest BCUT2D eigenvalue weighted by Crippen LogP contribution is -2.57. The Morgan fingerprint density at radius 2 is 2.20 bits per heavy atom.